The number of urea groups is 1. The van der Waals surface area contributed by atoms with Gasteiger partial charge in [-0.3, -0.25) is 4.21 Å². The maximum atomic E-state index is 11.9. The molecule has 1 fully saturated rings. The smallest absolute Gasteiger partial charge is 0.335 e. The molecule has 114 valence electrons. The van der Waals surface area contributed by atoms with Crippen molar-refractivity contribution in [3.05, 3.63) is 28.8 Å². The van der Waals surface area contributed by atoms with Crippen molar-refractivity contribution in [2.75, 3.05) is 16.8 Å². The van der Waals surface area contributed by atoms with E-state index in [9.17, 15) is 13.8 Å². The minimum Gasteiger partial charge on any atom is -0.478 e. The third kappa shape index (κ3) is 4.44. The molecule has 0 unspecified atom stereocenters. The molecule has 1 aromatic rings. The summed E-state index contributed by atoms with van der Waals surface area (Å²) in [7, 11) is -0.784. The van der Waals surface area contributed by atoms with Crippen LogP contribution in [-0.4, -0.2) is 38.9 Å². The second kappa shape index (κ2) is 6.91. The Morgan fingerprint density at radius 2 is 1.95 bits per heavy atom. The van der Waals surface area contributed by atoms with E-state index in [0.717, 1.165) is 0 Å². The number of rotatable bonds is 3. The Kier molecular flexibility index (Phi) is 5.19. The van der Waals surface area contributed by atoms with E-state index >= 15 is 0 Å². The number of hydrogen-bond acceptors (Lipinski definition) is 3. The average Bonchev–Trinajstić information content (AvgIpc) is 2.43. The molecule has 1 aliphatic heterocycles. The standard InChI is InChI=1S/C13H15ClN2O4S/c14-10-2-1-8(12(17)18)7-11(10)16-13(19)15-9-3-5-21(20)6-4-9/h1-2,7,9H,3-6H2,(H,17,18)(H2,15,16,19). The van der Waals surface area contributed by atoms with E-state index in [-0.39, 0.29) is 22.3 Å². The van der Waals surface area contributed by atoms with E-state index in [1.807, 2.05) is 0 Å². The van der Waals surface area contributed by atoms with Gasteiger partial charge in [-0.25, -0.2) is 9.59 Å². The molecule has 1 saturated heterocycles. The number of hydrogen-bond donors (Lipinski definition) is 3. The molecule has 1 aliphatic rings. The van der Waals surface area contributed by atoms with Gasteiger partial charge < -0.3 is 15.7 Å². The van der Waals surface area contributed by atoms with E-state index < -0.39 is 22.8 Å². The minimum absolute atomic E-state index is 0.0240. The molecule has 3 N–H and O–H groups in total. The fourth-order valence-corrected chi connectivity index (χ4v) is 3.50. The van der Waals surface area contributed by atoms with Crippen LogP contribution in [0.25, 0.3) is 0 Å². The molecule has 1 aromatic carbocycles. The summed E-state index contributed by atoms with van der Waals surface area (Å²) < 4.78 is 11.2. The van der Waals surface area contributed by atoms with Crippen LogP contribution in [0, 0.1) is 0 Å². The van der Waals surface area contributed by atoms with Crippen molar-refractivity contribution in [3.63, 3.8) is 0 Å². The molecule has 0 bridgehead atoms. The molecule has 2 rings (SSSR count). The number of carbonyl (C=O) groups is 2. The number of halogens is 1. The first-order valence-electron chi connectivity index (χ1n) is 6.41. The Balaban J connectivity index is 1.97. The quantitative estimate of drug-likeness (QED) is 0.790. The van der Waals surface area contributed by atoms with Gasteiger partial charge in [-0.05, 0) is 31.0 Å². The van der Waals surface area contributed by atoms with Crippen LogP contribution in [0.3, 0.4) is 0 Å². The molecule has 0 saturated carbocycles. The highest BCUT2D eigenvalue weighted by Gasteiger charge is 2.20. The van der Waals surface area contributed by atoms with Crippen molar-refractivity contribution in [2.45, 2.75) is 18.9 Å². The Labute approximate surface area is 129 Å². The molecule has 0 atom stereocenters. The predicted molar refractivity (Wildman–Crippen MR) is 81.5 cm³/mol. The number of anilines is 1. The first-order chi connectivity index (χ1) is 9.95. The summed E-state index contributed by atoms with van der Waals surface area (Å²) in [6, 6.07) is 3.62. The van der Waals surface area contributed by atoms with Crippen LogP contribution in [0.2, 0.25) is 5.02 Å². The number of nitrogens with one attached hydrogen (secondary N) is 2. The van der Waals surface area contributed by atoms with E-state index in [1.54, 1.807) is 0 Å². The molecule has 8 heteroatoms. The van der Waals surface area contributed by atoms with Crippen molar-refractivity contribution in [1.82, 2.24) is 5.32 Å². The Morgan fingerprint density at radius 1 is 1.29 bits per heavy atom. The summed E-state index contributed by atoms with van der Waals surface area (Å²) in [5.41, 5.74) is 0.288. The number of benzene rings is 1. The summed E-state index contributed by atoms with van der Waals surface area (Å²) in [5.74, 6) is 0.0744. The van der Waals surface area contributed by atoms with Crippen molar-refractivity contribution < 1.29 is 18.9 Å². The van der Waals surface area contributed by atoms with Gasteiger partial charge in [0.25, 0.3) is 0 Å². The third-order valence-electron chi connectivity index (χ3n) is 3.18. The highest BCUT2D eigenvalue weighted by atomic mass is 35.5. The molecule has 21 heavy (non-hydrogen) atoms. The summed E-state index contributed by atoms with van der Waals surface area (Å²) in [6.07, 6.45) is 1.34. The van der Waals surface area contributed by atoms with E-state index in [4.69, 9.17) is 16.7 Å². The van der Waals surface area contributed by atoms with Crippen molar-refractivity contribution in [1.29, 1.82) is 0 Å². The molecule has 0 aromatic heterocycles. The lowest BCUT2D eigenvalue weighted by Gasteiger charge is -2.22. The molecular formula is C13H15ClN2O4S. The largest absolute Gasteiger partial charge is 0.478 e. The molecule has 1 heterocycles. The number of amides is 2. The average molecular weight is 331 g/mol. The second-order valence-corrected chi connectivity index (χ2v) is 6.82. The summed E-state index contributed by atoms with van der Waals surface area (Å²) >= 11 is 5.93. The van der Waals surface area contributed by atoms with E-state index in [0.29, 0.717) is 24.3 Å². The Morgan fingerprint density at radius 3 is 2.57 bits per heavy atom. The summed E-state index contributed by atoms with van der Waals surface area (Å²) in [6.45, 7) is 0. The minimum atomic E-state index is -1.09. The first-order valence-corrected chi connectivity index (χ1v) is 8.27. The lowest BCUT2D eigenvalue weighted by atomic mass is 10.1. The highest BCUT2D eigenvalue weighted by Crippen LogP contribution is 2.23. The lowest BCUT2D eigenvalue weighted by Crippen LogP contribution is -2.41. The molecule has 0 aliphatic carbocycles. The summed E-state index contributed by atoms with van der Waals surface area (Å²) in [5, 5.41) is 14.5. The van der Waals surface area contributed by atoms with Crippen LogP contribution in [0.5, 0.6) is 0 Å². The molecule has 0 spiro atoms. The van der Waals surface area contributed by atoms with Crippen LogP contribution in [-0.2, 0) is 10.8 Å². The number of carboxylic acid groups (broad SMARTS) is 1. The molecule has 2 amide bonds. The fourth-order valence-electron chi connectivity index (χ4n) is 2.04. The Hall–Kier alpha value is -1.60. The van der Waals surface area contributed by atoms with Gasteiger partial charge in [0.05, 0.1) is 16.3 Å². The van der Waals surface area contributed by atoms with Gasteiger partial charge in [0.2, 0.25) is 0 Å². The van der Waals surface area contributed by atoms with Crippen LogP contribution >= 0.6 is 11.6 Å². The summed E-state index contributed by atoms with van der Waals surface area (Å²) in [4.78, 5) is 22.8. The predicted octanol–water partition coefficient (Wildman–Crippen LogP) is 2.07. The zero-order chi connectivity index (χ0) is 15.4. The van der Waals surface area contributed by atoms with Crippen molar-refractivity contribution in [2.24, 2.45) is 0 Å². The van der Waals surface area contributed by atoms with Crippen molar-refractivity contribution >= 4 is 40.1 Å². The molecule has 6 nitrogen and oxygen atoms in total. The van der Waals surface area contributed by atoms with Gasteiger partial charge in [-0.15, -0.1) is 0 Å². The van der Waals surface area contributed by atoms with Gasteiger partial charge in [0, 0.05) is 28.3 Å². The van der Waals surface area contributed by atoms with Gasteiger partial charge in [-0.2, -0.15) is 0 Å². The van der Waals surface area contributed by atoms with Crippen LogP contribution in [0.4, 0.5) is 10.5 Å². The first kappa shape index (κ1) is 15.8. The van der Waals surface area contributed by atoms with Crippen LogP contribution in [0.15, 0.2) is 18.2 Å². The highest BCUT2D eigenvalue weighted by molar-refractivity contribution is 7.85. The maximum absolute atomic E-state index is 11.9. The fraction of sp³-hybridized carbons (Fsp3) is 0.385. The van der Waals surface area contributed by atoms with E-state index in [1.165, 1.54) is 18.2 Å². The van der Waals surface area contributed by atoms with Gasteiger partial charge in [0.15, 0.2) is 0 Å². The van der Waals surface area contributed by atoms with Gasteiger partial charge in [-0.1, -0.05) is 11.6 Å². The maximum Gasteiger partial charge on any atom is 0.335 e. The van der Waals surface area contributed by atoms with Crippen molar-refractivity contribution in [3.8, 4) is 0 Å². The zero-order valence-electron chi connectivity index (χ0n) is 11.1. The Bertz CT molecular complexity index is 584. The number of carboxylic acids is 1. The lowest BCUT2D eigenvalue weighted by molar-refractivity contribution is 0.0697. The third-order valence-corrected chi connectivity index (χ3v) is 4.90. The van der Waals surface area contributed by atoms with Crippen LogP contribution in [0.1, 0.15) is 23.2 Å². The molecule has 0 radical (unpaired) electrons. The normalized spacial score (nSPS) is 21.6. The van der Waals surface area contributed by atoms with Gasteiger partial charge in [0.1, 0.15) is 0 Å². The monoisotopic (exact) mass is 330 g/mol. The topological polar surface area (TPSA) is 95.5 Å². The van der Waals surface area contributed by atoms with Gasteiger partial charge >= 0.3 is 12.0 Å². The van der Waals surface area contributed by atoms with E-state index in [2.05, 4.69) is 10.6 Å². The second-order valence-electron chi connectivity index (χ2n) is 4.72. The SMILES string of the molecule is O=C(Nc1cc(C(=O)O)ccc1Cl)NC1CCS(=O)CC1. The number of carbonyl (C=O) groups excluding carboxylic acids is 1. The van der Waals surface area contributed by atoms with Crippen LogP contribution < -0.4 is 10.6 Å². The molecular weight excluding hydrogens is 316 g/mol. The zero-order valence-corrected chi connectivity index (χ0v) is 12.7. The number of aromatic carboxylic acids is 1.